The minimum Gasteiger partial charge on any atom is -0.497 e. The summed E-state index contributed by atoms with van der Waals surface area (Å²) in [6.07, 6.45) is 2.03. The first-order chi connectivity index (χ1) is 17.0. The molecule has 1 N–H and O–H groups in total. The summed E-state index contributed by atoms with van der Waals surface area (Å²) in [6.45, 7) is 3.80. The molecule has 3 amide bonds. The van der Waals surface area contributed by atoms with Crippen molar-refractivity contribution in [3.05, 3.63) is 83.7 Å². The lowest BCUT2D eigenvalue weighted by Crippen LogP contribution is -2.49. The van der Waals surface area contributed by atoms with Gasteiger partial charge in [0.25, 0.3) is 0 Å². The van der Waals surface area contributed by atoms with Gasteiger partial charge in [-0.25, -0.2) is 4.79 Å². The molecule has 1 aliphatic rings. The first-order valence-corrected chi connectivity index (χ1v) is 11.7. The quantitative estimate of drug-likeness (QED) is 0.535. The summed E-state index contributed by atoms with van der Waals surface area (Å²) in [5, 5.41) is 2.90. The molecule has 1 atom stereocenters. The van der Waals surface area contributed by atoms with E-state index in [1.807, 2.05) is 78.7 Å². The molecule has 35 heavy (non-hydrogen) atoms. The van der Waals surface area contributed by atoms with Crippen LogP contribution in [0, 0.1) is 6.92 Å². The number of methoxy groups -OCH3 is 2. The highest BCUT2D eigenvalue weighted by Gasteiger charge is 2.33. The predicted molar refractivity (Wildman–Crippen MR) is 135 cm³/mol. The number of nitrogens with one attached hydrogen (secondary N) is 1. The maximum atomic E-state index is 13.7. The number of amides is 3. The number of ether oxygens (including phenoxy) is 2. The van der Waals surface area contributed by atoms with E-state index in [0.29, 0.717) is 31.9 Å². The van der Waals surface area contributed by atoms with Gasteiger partial charge in [0.05, 0.1) is 19.8 Å². The van der Waals surface area contributed by atoms with Crippen LogP contribution in [0.3, 0.4) is 0 Å². The molecular weight excluding hydrogens is 444 g/mol. The fourth-order valence-electron chi connectivity index (χ4n) is 4.36. The maximum absolute atomic E-state index is 13.7. The Balaban J connectivity index is 1.56. The number of nitrogens with zero attached hydrogens (tertiary/aromatic N) is 3. The number of rotatable bonds is 8. The number of benzene rings is 2. The van der Waals surface area contributed by atoms with Gasteiger partial charge in [0, 0.05) is 44.3 Å². The second kappa shape index (κ2) is 11.1. The van der Waals surface area contributed by atoms with E-state index in [1.54, 1.807) is 14.2 Å². The molecule has 0 aliphatic carbocycles. The van der Waals surface area contributed by atoms with Crippen molar-refractivity contribution in [1.29, 1.82) is 0 Å². The molecule has 0 bridgehead atoms. The van der Waals surface area contributed by atoms with Crippen LogP contribution in [0.1, 0.15) is 22.9 Å². The van der Waals surface area contributed by atoms with Crippen LogP contribution in [-0.4, -0.2) is 66.8 Å². The molecule has 184 valence electrons. The smallest absolute Gasteiger partial charge is 0.322 e. The molecule has 8 heteroatoms. The summed E-state index contributed by atoms with van der Waals surface area (Å²) >= 11 is 0. The first kappa shape index (κ1) is 24.3. The van der Waals surface area contributed by atoms with Crippen LogP contribution in [0.25, 0.3) is 0 Å². The number of urea groups is 1. The number of carbonyl (C=O) groups is 2. The van der Waals surface area contributed by atoms with Crippen LogP contribution in [0.5, 0.6) is 5.75 Å². The van der Waals surface area contributed by atoms with Gasteiger partial charge in [-0.3, -0.25) is 4.79 Å². The standard InChI is InChI=1S/C27H32N4O4/c1-20-9-11-22(12-10-20)28-27(33)30(16-17-34-2)19-25(32)31-15-14-29-13-5-8-24(29)26(31)21-6-4-7-23(18-21)35-3/h4-13,18,26H,14-17,19H2,1-3H3,(H,28,33). The highest BCUT2D eigenvalue weighted by molar-refractivity contribution is 5.92. The highest BCUT2D eigenvalue weighted by Crippen LogP contribution is 2.34. The molecule has 2 aromatic carbocycles. The normalized spacial score (nSPS) is 14.8. The average Bonchev–Trinajstić information content (AvgIpc) is 3.36. The molecular formula is C27H32N4O4. The third-order valence-electron chi connectivity index (χ3n) is 6.25. The lowest BCUT2D eigenvalue weighted by Gasteiger charge is -2.38. The number of anilines is 1. The average molecular weight is 477 g/mol. The minimum atomic E-state index is -0.336. The minimum absolute atomic E-state index is 0.0533. The zero-order chi connectivity index (χ0) is 24.8. The molecule has 0 radical (unpaired) electrons. The van der Waals surface area contributed by atoms with Crippen molar-refractivity contribution in [2.75, 3.05) is 45.8 Å². The summed E-state index contributed by atoms with van der Waals surface area (Å²) in [7, 11) is 3.21. The summed E-state index contributed by atoms with van der Waals surface area (Å²) in [5.74, 6) is 0.609. The Hall–Kier alpha value is -3.78. The number of fused-ring (bicyclic) bond motifs is 1. The van der Waals surface area contributed by atoms with E-state index in [4.69, 9.17) is 9.47 Å². The second-order valence-corrected chi connectivity index (χ2v) is 8.60. The number of aryl methyl sites for hydroxylation is 1. The number of carbonyl (C=O) groups excluding carboxylic acids is 2. The van der Waals surface area contributed by atoms with E-state index in [9.17, 15) is 9.59 Å². The predicted octanol–water partition coefficient (Wildman–Crippen LogP) is 3.92. The van der Waals surface area contributed by atoms with Gasteiger partial charge in [-0.2, -0.15) is 0 Å². The number of hydrogen-bond acceptors (Lipinski definition) is 4. The molecule has 1 unspecified atom stereocenters. The molecule has 2 heterocycles. The zero-order valence-electron chi connectivity index (χ0n) is 20.4. The second-order valence-electron chi connectivity index (χ2n) is 8.60. The van der Waals surface area contributed by atoms with E-state index in [0.717, 1.165) is 22.6 Å². The van der Waals surface area contributed by atoms with E-state index in [2.05, 4.69) is 9.88 Å². The van der Waals surface area contributed by atoms with Crippen LogP contribution in [0.15, 0.2) is 66.9 Å². The van der Waals surface area contributed by atoms with Gasteiger partial charge < -0.3 is 29.2 Å². The van der Waals surface area contributed by atoms with Gasteiger partial charge in [0.15, 0.2) is 0 Å². The molecule has 4 rings (SSSR count). The Morgan fingerprint density at radius 2 is 1.86 bits per heavy atom. The van der Waals surface area contributed by atoms with E-state index in [1.165, 1.54) is 4.90 Å². The largest absolute Gasteiger partial charge is 0.497 e. The Labute approximate surface area is 206 Å². The lowest BCUT2D eigenvalue weighted by atomic mass is 9.99. The summed E-state index contributed by atoms with van der Waals surface area (Å²) in [6, 6.07) is 18.8. The Bertz CT molecular complexity index is 1160. The van der Waals surface area contributed by atoms with Gasteiger partial charge >= 0.3 is 6.03 Å². The Morgan fingerprint density at radius 1 is 1.06 bits per heavy atom. The molecule has 3 aromatic rings. The van der Waals surface area contributed by atoms with Crippen LogP contribution >= 0.6 is 0 Å². The summed E-state index contributed by atoms with van der Waals surface area (Å²) in [5.41, 5.74) is 3.78. The van der Waals surface area contributed by atoms with Crippen molar-refractivity contribution in [2.45, 2.75) is 19.5 Å². The van der Waals surface area contributed by atoms with Gasteiger partial charge in [-0.05, 0) is 48.9 Å². The lowest BCUT2D eigenvalue weighted by molar-refractivity contribution is -0.134. The van der Waals surface area contributed by atoms with Gasteiger partial charge in [0.2, 0.25) is 5.91 Å². The van der Waals surface area contributed by atoms with E-state index < -0.39 is 0 Å². The van der Waals surface area contributed by atoms with Crippen LogP contribution in [0.4, 0.5) is 10.5 Å². The van der Waals surface area contributed by atoms with Crippen molar-refractivity contribution in [2.24, 2.45) is 0 Å². The topological polar surface area (TPSA) is 76.0 Å². The number of aromatic nitrogens is 1. The third-order valence-corrected chi connectivity index (χ3v) is 6.25. The van der Waals surface area contributed by atoms with Gasteiger partial charge in [0.1, 0.15) is 12.3 Å². The monoisotopic (exact) mass is 476 g/mol. The van der Waals surface area contributed by atoms with Crippen molar-refractivity contribution in [3.63, 3.8) is 0 Å². The molecule has 0 saturated heterocycles. The van der Waals surface area contributed by atoms with Crippen molar-refractivity contribution in [1.82, 2.24) is 14.4 Å². The fraction of sp³-hybridized carbons (Fsp3) is 0.333. The summed E-state index contributed by atoms with van der Waals surface area (Å²) < 4.78 is 12.8. The molecule has 1 aliphatic heterocycles. The SMILES string of the molecule is COCCN(CC(=O)N1CCn2cccc2C1c1cccc(OC)c1)C(=O)Nc1ccc(C)cc1. The molecule has 1 aromatic heterocycles. The van der Waals surface area contributed by atoms with Crippen molar-refractivity contribution >= 4 is 17.6 Å². The first-order valence-electron chi connectivity index (χ1n) is 11.7. The van der Waals surface area contributed by atoms with E-state index in [-0.39, 0.29) is 24.5 Å². The maximum Gasteiger partial charge on any atom is 0.322 e. The molecule has 0 spiro atoms. The summed E-state index contributed by atoms with van der Waals surface area (Å²) in [4.78, 5) is 30.1. The molecule has 0 saturated carbocycles. The Morgan fingerprint density at radius 3 is 2.60 bits per heavy atom. The highest BCUT2D eigenvalue weighted by atomic mass is 16.5. The van der Waals surface area contributed by atoms with Gasteiger partial charge in [-0.1, -0.05) is 29.8 Å². The van der Waals surface area contributed by atoms with Crippen molar-refractivity contribution < 1.29 is 19.1 Å². The van der Waals surface area contributed by atoms with Crippen LogP contribution < -0.4 is 10.1 Å². The third kappa shape index (κ3) is 5.66. The zero-order valence-corrected chi connectivity index (χ0v) is 20.4. The fourth-order valence-corrected chi connectivity index (χ4v) is 4.36. The van der Waals surface area contributed by atoms with Crippen molar-refractivity contribution in [3.8, 4) is 5.75 Å². The Kier molecular flexibility index (Phi) is 7.72. The number of hydrogen-bond donors (Lipinski definition) is 1. The van der Waals surface area contributed by atoms with Gasteiger partial charge in [-0.15, -0.1) is 0 Å². The molecule has 8 nitrogen and oxygen atoms in total. The van der Waals surface area contributed by atoms with Crippen LogP contribution in [0.2, 0.25) is 0 Å². The molecule has 0 fully saturated rings. The van der Waals surface area contributed by atoms with E-state index >= 15 is 0 Å². The van der Waals surface area contributed by atoms with Crippen LogP contribution in [-0.2, 0) is 16.1 Å².